The lowest BCUT2D eigenvalue weighted by Crippen LogP contribution is -2.12. The molecule has 0 aliphatic carbocycles. The lowest BCUT2D eigenvalue weighted by atomic mass is 10.2. The zero-order valence-electron chi connectivity index (χ0n) is 12.5. The molecule has 2 aromatic carbocycles. The number of amides is 1. The Labute approximate surface area is 151 Å². The molecule has 0 spiro atoms. The number of benzene rings is 2. The molecule has 0 radical (unpaired) electrons. The van der Waals surface area contributed by atoms with Crippen molar-refractivity contribution in [2.45, 2.75) is 0 Å². The van der Waals surface area contributed by atoms with Gasteiger partial charge in [-0.25, -0.2) is 0 Å². The summed E-state index contributed by atoms with van der Waals surface area (Å²) in [7, 11) is 0. The largest absolute Gasteiger partial charge is 0.454 e. The molecule has 0 bridgehead atoms. The van der Waals surface area contributed by atoms with Gasteiger partial charge in [0.1, 0.15) is 0 Å². The molecular formula is C16H9Cl2N3O4. The van der Waals surface area contributed by atoms with Gasteiger partial charge in [-0.05, 0) is 36.4 Å². The maximum atomic E-state index is 12.3. The number of hydrogen-bond acceptors (Lipinski definition) is 6. The second-order valence-corrected chi connectivity index (χ2v) is 5.90. The van der Waals surface area contributed by atoms with Crippen molar-refractivity contribution in [3.8, 4) is 23.0 Å². The Kier molecular flexibility index (Phi) is 3.95. The van der Waals surface area contributed by atoms with Gasteiger partial charge in [0, 0.05) is 10.6 Å². The Bertz CT molecular complexity index is 974. The molecule has 0 fully saturated rings. The second kappa shape index (κ2) is 6.27. The van der Waals surface area contributed by atoms with Crippen LogP contribution in [0, 0.1) is 0 Å². The van der Waals surface area contributed by atoms with Crippen molar-refractivity contribution in [3.05, 3.63) is 52.0 Å². The molecule has 25 heavy (non-hydrogen) atoms. The van der Waals surface area contributed by atoms with Gasteiger partial charge < -0.3 is 13.9 Å². The van der Waals surface area contributed by atoms with Crippen LogP contribution in [0.25, 0.3) is 11.5 Å². The van der Waals surface area contributed by atoms with Crippen molar-refractivity contribution >= 4 is 35.1 Å². The van der Waals surface area contributed by atoms with Crippen LogP contribution in [0.5, 0.6) is 11.5 Å². The fourth-order valence-corrected chi connectivity index (χ4v) is 2.63. The molecule has 9 heteroatoms. The predicted molar refractivity (Wildman–Crippen MR) is 90.3 cm³/mol. The maximum Gasteiger partial charge on any atom is 0.322 e. The Morgan fingerprint density at radius 3 is 2.76 bits per heavy atom. The number of anilines is 1. The average Bonchev–Trinajstić information content (AvgIpc) is 3.25. The Morgan fingerprint density at radius 2 is 1.88 bits per heavy atom. The molecular weight excluding hydrogens is 369 g/mol. The van der Waals surface area contributed by atoms with E-state index in [-0.39, 0.29) is 29.3 Å². The highest BCUT2D eigenvalue weighted by atomic mass is 35.5. The predicted octanol–water partition coefficient (Wildman–Crippen LogP) is 4.02. The molecule has 1 aliphatic rings. The van der Waals surface area contributed by atoms with Gasteiger partial charge in [0.2, 0.25) is 12.7 Å². The summed E-state index contributed by atoms with van der Waals surface area (Å²) in [6.45, 7) is 0.171. The van der Waals surface area contributed by atoms with E-state index in [0.29, 0.717) is 22.1 Å². The molecule has 0 saturated carbocycles. The third-order valence-electron chi connectivity index (χ3n) is 3.44. The molecule has 1 aliphatic heterocycles. The number of hydrogen-bond donors (Lipinski definition) is 1. The van der Waals surface area contributed by atoms with E-state index in [0.717, 1.165) is 0 Å². The lowest BCUT2D eigenvalue weighted by molar-refractivity contribution is 0.102. The number of rotatable bonds is 3. The standard InChI is InChI=1S/C16H9Cl2N3O4/c17-9-2-3-11(18)10(6-9)14(22)19-16-21-20-15(25-16)8-1-4-12-13(5-8)24-7-23-12/h1-6H,7H2,(H,19,21,22). The van der Waals surface area contributed by atoms with Crippen molar-refractivity contribution in [2.24, 2.45) is 0 Å². The molecule has 0 saturated heterocycles. The van der Waals surface area contributed by atoms with Crippen LogP contribution in [-0.4, -0.2) is 22.9 Å². The molecule has 7 nitrogen and oxygen atoms in total. The van der Waals surface area contributed by atoms with Crippen molar-refractivity contribution in [3.63, 3.8) is 0 Å². The minimum Gasteiger partial charge on any atom is -0.454 e. The summed E-state index contributed by atoms with van der Waals surface area (Å²) in [6, 6.07) is 9.72. The molecule has 2 heterocycles. The SMILES string of the molecule is O=C(Nc1nnc(-c2ccc3c(c2)OCO3)o1)c1cc(Cl)ccc1Cl. The van der Waals surface area contributed by atoms with Gasteiger partial charge in [-0.1, -0.05) is 28.3 Å². The first kappa shape index (κ1) is 15.7. The van der Waals surface area contributed by atoms with Gasteiger partial charge in [0.25, 0.3) is 5.91 Å². The van der Waals surface area contributed by atoms with Crippen LogP contribution >= 0.6 is 23.2 Å². The summed E-state index contributed by atoms with van der Waals surface area (Å²) in [6.07, 6.45) is 0. The fourth-order valence-electron chi connectivity index (χ4n) is 2.26. The number of ether oxygens (including phenoxy) is 2. The molecule has 0 unspecified atom stereocenters. The molecule has 1 amide bonds. The zero-order valence-corrected chi connectivity index (χ0v) is 14.0. The first-order valence-corrected chi connectivity index (χ1v) is 7.86. The smallest absolute Gasteiger partial charge is 0.322 e. The molecule has 3 aromatic rings. The Morgan fingerprint density at radius 1 is 1.04 bits per heavy atom. The minimum absolute atomic E-state index is 0.0614. The second-order valence-electron chi connectivity index (χ2n) is 5.06. The number of fused-ring (bicyclic) bond motifs is 1. The third kappa shape index (κ3) is 3.11. The van der Waals surface area contributed by atoms with Gasteiger partial charge >= 0.3 is 6.01 Å². The highest BCUT2D eigenvalue weighted by Gasteiger charge is 2.18. The number of aromatic nitrogens is 2. The Balaban J connectivity index is 1.55. The fraction of sp³-hybridized carbons (Fsp3) is 0.0625. The van der Waals surface area contributed by atoms with E-state index in [2.05, 4.69) is 15.5 Å². The summed E-state index contributed by atoms with van der Waals surface area (Å²) in [4.78, 5) is 12.3. The van der Waals surface area contributed by atoms with Crippen LogP contribution in [0.1, 0.15) is 10.4 Å². The van der Waals surface area contributed by atoms with Crippen LogP contribution in [0.3, 0.4) is 0 Å². The first-order valence-electron chi connectivity index (χ1n) is 7.10. The van der Waals surface area contributed by atoms with Gasteiger partial charge in [-0.2, -0.15) is 0 Å². The number of carbonyl (C=O) groups is 1. The van der Waals surface area contributed by atoms with E-state index in [1.165, 1.54) is 12.1 Å². The zero-order chi connectivity index (χ0) is 17.4. The van der Waals surface area contributed by atoms with Gasteiger partial charge in [-0.3, -0.25) is 10.1 Å². The van der Waals surface area contributed by atoms with Gasteiger partial charge in [-0.15, -0.1) is 5.10 Å². The van der Waals surface area contributed by atoms with Gasteiger partial charge in [0.05, 0.1) is 10.6 Å². The van der Waals surface area contributed by atoms with E-state index in [4.69, 9.17) is 37.1 Å². The number of halogens is 2. The summed E-state index contributed by atoms with van der Waals surface area (Å²) in [5, 5.41) is 10.9. The van der Waals surface area contributed by atoms with E-state index < -0.39 is 5.91 Å². The topological polar surface area (TPSA) is 86.5 Å². The van der Waals surface area contributed by atoms with E-state index in [1.54, 1.807) is 24.3 Å². The third-order valence-corrected chi connectivity index (χ3v) is 4.00. The van der Waals surface area contributed by atoms with Crippen LogP contribution in [-0.2, 0) is 0 Å². The highest BCUT2D eigenvalue weighted by molar-refractivity contribution is 6.36. The number of nitrogens with one attached hydrogen (secondary N) is 1. The van der Waals surface area contributed by atoms with E-state index in [1.807, 2.05) is 0 Å². The number of nitrogens with zero attached hydrogens (tertiary/aromatic N) is 2. The van der Waals surface area contributed by atoms with Crippen molar-refractivity contribution in [1.29, 1.82) is 0 Å². The van der Waals surface area contributed by atoms with Crippen molar-refractivity contribution in [2.75, 3.05) is 12.1 Å². The molecule has 1 N–H and O–H groups in total. The summed E-state index contributed by atoms with van der Waals surface area (Å²) in [5.74, 6) is 0.957. The van der Waals surface area contributed by atoms with E-state index >= 15 is 0 Å². The van der Waals surface area contributed by atoms with Gasteiger partial charge in [0.15, 0.2) is 11.5 Å². The lowest BCUT2D eigenvalue weighted by Gasteiger charge is -2.03. The summed E-state index contributed by atoms with van der Waals surface area (Å²) in [5.41, 5.74) is 0.843. The monoisotopic (exact) mass is 377 g/mol. The normalized spacial score (nSPS) is 12.2. The van der Waals surface area contributed by atoms with Crippen molar-refractivity contribution < 1.29 is 18.7 Å². The maximum absolute atomic E-state index is 12.3. The molecule has 1 aromatic heterocycles. The molecule has 4 rings (SSSR count). The average molecular weight is 378 g/mol. The minimum atomic E-state index is -0.506. The highest BCUT2D eigenvalue weighted by Crippen LogP contribution is 2.35. The quantitative estimate of drug-likeness (QED) is 0.741. The Hall–Kier alpha value is -2.77. The molecule has 0 atom stereocenters. The molecule has 126 valence electrons. The number of carbonyl (C=O) groups excluding carboxylic acids is 1. The summed E-state index contributed by atoms with van der Waals surface area (Å²) >= 11 is 11.9. The summed E-state index contributed by atoms with van der Waals surface area (Å²) < 4.78 is 16.0. The first-order chi connectivity index (χ1) is 12.1. The van der Waals surface area contributed by atoms with Crippen LogP contribution in [0.2, 0.25) is 10.0 Å². The van der Waals surface area contributed by atoms with Crippen LogP contribution < -0.4 is 14.8 Å². The van der Waals surface area contributed by atoms with Crippen LogP contribution in [0.4, 0.5) is 6.01 Å². The van der Waals surface area contributed by atoms with E-state index in [9.17, 15) is 4.79 Å². The van der Waals surface area contributed by atoms with Crippen LogP contribution in [0.15, 0.2) is 40.8 Å². The van der Waals surface area contributed by atoms with Crippen molar-refractivity contribution in [1.82, 2.24) is 10.2 Å².